The third-order valence-electron chi connectivity index (χ3n) is 5.23. The molecule has 0 radical (unpaired) electrons. The summed E-state index contributed by atoms with van der Waals surface area (Å²) in [6.45, 7) is 5.88. The molecule has 2 bridgehead atoms. The molecule has 1 aromatic rings. The van der Waals surface area contributed by atoms with Crippen LogP contribution in [0.4, 0.5) is 0 Å². The van der Waals surface area contributed by atoms with Gasteiger partial charge in [-0.3, -0.25) is 4.79 Å². The molecule has 2 fully saturated rings. The lowest BCUT2D eigenvalue weighted by molar-refractivity contribution is 0.0748. The number of rotatable bonds is 5. The zero-order chi connectivity index (χ0) is 18.0. The first-order valence-electron chi connectivity index (χ1n) is 9.11. The van der Waals surface area contributed by atoms with Gasteiger partial charge in [-0.15, -0.1) is 0 Å². The molecule has 0 saturated carbocycles. The summed E-state index contributed by atoms with van der Waals surface area (Å²) in [5, 5.41) is 3.56. The number of nitrogens with one attached hydrogen (secondary N) is 1. The van der Waals surface area contributed by atoms with Gasteiger partial charge in [-0.2, -0.15) is 4.31 Å². The highest BCUT2D eigenvalue weighted by atomic mass is 32.2. The molecule has 0 aliphatic carbocycles. The summed E-state index contributed by atoms with van der Waals surface area (Å²) in [5.74, 6) is -0.0778. The molecule has 2 unspecified atom stereocenters. The number of fused-ring (bicyclic) bond motifs is 2. The van der Waals surface area contributed by atoms with E-state index in [0.717, 1.165) is 19.4 Å². The summed E-state index contributed by atoms with van der Waals surface area (Å²) >= 11 is 0. The molecule has 0 spiro atoms. The van der Waals surface area contributed by atoms with Crippen molar-refractivity contribution in [3.8, 4) is 0 Å². The Kier molecular flexibility index (Phi) is 5.46. The number of hydrogen-bond acceptors (Lipinski definition) is 4. The summed E-state index contributed by atoms with van der Waals surface area (Å²) in [4.78, 5) is 15.0. The maximum Gasteiger partial charge on any atom is 0.253 e. The molecule has 25 heavy (non-hydrogen) atoms. The normalized spacial score (nSPS) is 23.7. The Labute approximate surface area is 150 Å². The molecule has 3 rings (SSSR count). The Morgan fingerprint density at radius 3 is 2.64 bits per heavy atom. The first-order chi connectivity index (χ1) is 12.0. The van der Waals surface area contributed by atoms with Gasteiger partial charge in [0.1, 0.15) is 0 Å². The SMILES string of the molecule is CCN(CC)S(=O)(=O)c1cccc(C(=O)N2CCC3CCC(C2)N3)c1. The molecular formula is C18H27N3O3S. The minimum absolute atomic E-state index is 0.0778. The molecule has 0 aromatic heterocycles. The van der Waals surface area contributed by atoms with Crippen molar-refractivity contribution in [3.63, 3.8) is 0 Å². The molecule has 138 valence electrons. The molecule has 2 aliphatic rings. The van der Waals surface area contributed by atoms with E-state index in [1.165, 1.54) is 16.8 Å². The van der Waals surface area contributed by atoms with E-state index in [1.807, 2.05) is 18.7 Å². The largest absolute Gasteiger partial charge is 0.337 e. The Bertz CT molecular complexity index is 731. The van der Waals surface area contributed by atoms with Crippen LogP contribution in [0.15, 0.2) is 29.2 Å². The molecule has 1 amide bonds. The van der Waals surface area contributed by atoms with E-state index in [4.69, 9.17) is 0 Å². The molecular weight excluding hydrogens is 338 g/mol. The van der Waals surface area contributed by atoms with E-state index < -0.39 is 10.0 Å². The standard InChI is InChI=1S/C18H27N3O3S/c1-3-21(4-2)25(23,24)17-7-5-6-14(12-17)18(22)20-11-10-15-8-9-16(13-20)19-15/h5-7,12,15-16,19H,3-4,8-11,13H2,1-2H3. The smallest absolute Gasteiger partial charge is 0.253 e. The van der Waals surface area contributed by atoms with Gasteiger partial charge in [0.25, 0.3) is 5.91 Å². The van der Waals surface area contributed by atoms with Crippen LogP contribution < -0.4 is 5.32 Å². The van der Waals surface area contributed by atoms with Gasteiger partial charge in [0, 0.05) is 43.8 Å². The van der Waals surface area contributed by atoms with Gasteiger partial charge in [-0.25, -0.2) is 8.42 Å². The van der Waals surface area contributed by atoms with Crippen molar-refractivity contribution in [2.75, 3.05) is 26.2 Å². The predicted octanol–water partition coefficient (Wildman–Crippen LogP) is 1.68. The van der Waals surface area contributed by atoms with Crippen LogP contribution in [0.2, 0.25) is 0 Å². The number of carbonyl (C=O) groups excluding carboxylic acids is 1. The molecule has 1 aromatic carbocycles. The van der Waals surface area contributed by atoms with E-state index in [0.29, 0.717) is 37.3 Å². The molecule has 2 saturated heterocycles. The summed E-state index contributed by atoms with van der Waals surface area (Å²) in [6.07, 6.45) is 3.24. The van der Waals surface area contributed by atoms with Crippen LogP contribution in [0.3, 0.4) is 0 Å². The molecule has 2 aliphatic heterocycles. The zero-order valence-corrected chi connectivity index (χ0v) is 15.8. The maximum atomic E-state index is 12.9. The maximum absolute atomic E-state index is 12.9. The topological polar surface area (TPSA) is 69.7 Å². The van der Waals surface area contributed by atoms with Crippen molar-refractivity contribution in [2.24, 2.45) is 0 Å². The van der Waals surface area contributed by atoms with Gasteiger partial charge < -0.3 is 10.2 Å². The third kappa shape index (κ3) is 3.73. The van der Waals surface area contributed by atoms with Crippen molar-refractivity contribution < 1.29 is 13.2 Å². The summed E-state index contributed by atoms with van der Waals surface area (Å²) < 4.78 is 26.8. The van der Waals surface area contributed by atoms with E-state index in [-0.39, 0.29) is 10.8 Å². The van der Waals surface area contributed by atoms with Crippen LogP contribution >= 0.6 is 0 Å². The van der Waals surface area contributed by atoms with Crippen molar-refractivity contribution >= 4 is 15.9 Å². The number of carbonyl (C=O) groups is 1. The first-order valence-corrected chi connectivity index (χ1v) is 10.5. The van der Waals surface area contributed by atoms with E-state index in [1.54, 1.807) is 18.2 Å². The van der Waals surface area contributed by atoms with Crippen LogP contribution in [0.1, 0.15) is 43.5 Å². The molecule has 2 heterocycles. The first kappa shape index (κ1) is 18.4. The van der Waals surface area contributed by atoms with Gasteiger partial charge in [-0.1, -0.05) is 19.9 Å². The number of amides is 1. The van der Waals surface area contributed by atoms with Gasteiger partial charge in [-0.05, 0) is 37.5 Å². The van der Waals surface area contributed by atoms with E-state index in [9.17, 15) is 13.2 Å². The minimum Gasteiger partial charge on any atom is -0.337 e. The number of likely N-dealkylation sites (tertiary alicyclic amines) is 1. The number of nitrogens with zero attached hydrogens (tertiary/aromatic N) is 2. The monoisotopic (exact) mass is 365 g/mol. The second-order valence-electron chi connectivity index (χ2n) is 6.79. The fourth-order valence-electron chi connectivity index (χ4n) is 3.81. The third-order valence-corrected chi connectivity index (χ3v) is 7.28. The van der Waals surface area contributed by atoms with Crippen molar-refractivity contribution in [1.29, 1.82) is 0 Å². The van der Waals surface area contributed by atoms with Gasteiger partial charge in [0.2, 0.25) is 10.0 Å². The summed E-state index contributed by atoms with van der Waals surface area (Å²) in [7, 11) is -3.55. The summed E-state index contributed by atoms with van der Waals surface area (Å²) in [6, 6.07) is 7.32. The molecule has 7 heteroatoms. The lowest BCUT2D eigenvalue weighted by Crippen LogP contribution is -2.39. The van der Waals surface area contributed by atoms with Crippen LogP contribution in [0, 0.1) is 0 Å². The quantitative estimate of drug-likeness (QED) is 0.862. The van der Waals surface area contributed by atoms with Crippen LogP contribution in [-0.4, -0.2) is 61.8 Å². The fourth-order valence-corrected chi connectivity index (χ4v) is 5.32. The average molecular weight is 365 g/mol. The zero-order valence-electron chi connectivity index (χ0n) is 14.9. The Hall–Kier alpha value is -1.44. The van der Waals surface area contributed by atoms with Crippen LogP contribution in [0.25, 0.3) is 0 Å². The molecule has 6 nitrogen and oxygen atoms in total. The predicted molar refractivity (Wildman–Crippen MR) is 97.0 cm³/mol. The molecule has 2 atom stereocenters. The van der Waals surface area contributed by atoms with E-state index >= 15 is 0 Å². The van der Waals surface area contributed by atoms with Crippen molar-refractivity contribution in [3.05, 3.63) is 29.8 Å². The molecule has 1 N–H and O–H groups in total. The highest BCUT2D eigenvalue weighted by Gasteiger charge is 2.32. The summed E-state index contributed by atoms with van der Waals surface area (Å²) in [5.41, 5.74) is 0.450. The average Bonchev–Trinajstić information content (AvgIpc) is 2.94. The fraction of sp³-hybridized carbons (Fsp3) is 0.611. The second kappa shape index (κ2) is 7.43. The number of sulfonamides is 1. The minimum atomic E-state index is -3.55. The van der Waals surface area contributed by atoms with Gasteiger partial charge >= 0.3 is 0 Å². The second-order valence-corrected chi connectivity index (χ2v) is 8.73. The lowest BCUT2D eigenvalue weighted by atomic mass is 10.1. The van der Waals surface area contributed by atoms with Crippen molar-refractivity contribution in [1.82, 2.24) is 14.5 Å². The highest BCUT2D eigenvalue weighted by molar-refractivity contribution is 7.89. The van der Waals surface area contributed by atoms with E-state index in [2.05, 4.69) is 5.32 Å². The lowest BCUT2D eigenvalue weighted by Gasteiger charge is -2.25. The highest BCUT2D eigenvalue weighted by Crippen LogP contribution is 2.23. The number of hydrogen-bond donors (Lipinski definition) is 1. The Morgan fingerprint density at radius 2 is 1.92 bits per heavy atom. The van der Waals surface area contributed by atoms with Crippen LogP contribution in [-0.2, 0) is 10.0 Å². The van der Waals surface area contributed by atoms with Crippen LogP contribution in [0.5, 0.6) is 0 Å². The van der Waals surface area contributed by atoms with Crippen molar-refractivity contribution in [2.45, 2.75) is 50.1 Å². The Morgan fingerprint density at radius 1 is 1.20 bits per heavy atom. The Balaban J connectivity index is 1.82. The van der Waals surface area contributed by atoms with Gasteiger partial charge in [0.15, 0.2) is 0 Å². The van der Waals surface area contributed by atoms with Gasteiger partial charge in [0.05, 0.1) is 4.90 Å². The number of benzene rings is 1.